The van der Waals surface area contributed by atoms with Crippen molar-refractivity contribution in [3.63, 3.8) is 0 Å². The van der Waals surface area contributed by atoms with Gasteiger partial charge in [0.05, 0.1) is 32.0 Å². The van der Waals surface area contributed by atoms with E-state index in [0.717, 1.165) is 5.56 Å². The van der Waals surface area contributed by atoms with Crippen LogP contribution in [0.1, 0.15) is 22.3 Å². The lowest BCUT2D eigenvalue weighted by Crippen LogP contribution is -2.33. The molecule has 36 heavy (non-hydrogen) atoms. The van der Waals surface area contributed by atoms with E-state index < -0.39 is 11.2 Å². The first kappa shape index (κ1) is 25.0. The number of amidine groups is 1. The highest BCUT2D eigenvalue weighted by molar-refractivity contribution is 8.15. The molecule has 0 saturated carbocycles. The molecule has 1 aliphatic rings. The van der Waals surface area contributed by atoms with E-state index in [1.165, 1.54) is 18.9 Å². The smallest absolute Gasteiger partial charge is 0.337 e. The Balaban J connectivity index is 1.49. The number of nitrogens with one attached hydrogen (secondary N) is 1. The summed E-state index contributed by atoms with van der Waals surface area (Å²) in [6.45, 7) is 0.356. The van der Waals surface area contributed by atoms with E-state index in [9.17, 15) is 14.4 Å². The number of thioether (sulfide) groups is 1. The molecule has 0 aromatic heterocycles. The Morgan fingerprint density at radius 2 is 1.67 bits per heavy atom. The van der Waals surface area contributed by atoms with Gasteiger partial charge in [0.1, 0.15) is 11.0 Å². The fourth-order valence-electron chi connectivity index (χ4n) is 3.59. The van der Waals surface area contributed by atoms with Crippen LogP contribution in [-0.2, 0) is 20.9 Å². The number of rotatable bonds is 8. The minimum atomic E-state index is -0.611. The molecule has 4 rings (SSSR count). The molecule has 1 N–H and O–H groups in total. The van der Waals surface area contributed by atoms with Crippen LogP contribution < -0.4 is 10.1 Å². The van der Waals surface area contributed by atoms with Gasteiger partial charge in [0, 0.05) is 12.1 Å². The first-order valence-electron chi connectivity index (χ1n) is 11.2. The summed E-state index contributed by atoms with van der Waals surface area (Å²) >= 11 is 1.27. The van der Waals surface area contributed by atoms with Gasteiger partial charge in [0.2, 0.25) is 11.8 Å². The van der Waals surface area contributed by atoms with E-state index in [2.05, 4.69) is 10.1 Å². The van der Waals surface area contributed by atoms with Crippen molar-refractivity contribution in [3.05, 3.63) is 90.0 Å². The number of nitrogens with zero attached hydrogens (tertiary/aromatic N) is 2. The zero-order chi connectivity index (χ0) is 25.5. The molecule has 2 amide bonds. The predicted octanol–water partition coefficient (Wildman–Crippen LogP) is 4.64. The van der Waals surface area contributed by atoms with Crippen molar-refractivity contribution in [1.82, 2.24) is 4.90 Å². The molecule has 0 aliphatic carbocycles. The summed E-state index contributed by atoms with van der Waals surface area (Å²) < 4.78 is 9.89. The fourth-order valence-corrected chi connectivity index (χ4v) is 4.75. The Kier molecular flexibility index (Phi) is 8.02. The number of hydrogen-bond donors (Lipinski definition) is 1. The molecule has 3 aromatic carbocycles. The third-order valence-electron chi connectivity index (χ3n) is 5.46. The minimum absolute atomic E-state index is 0.0187. The lowest BCUT2D eigenvalue weighted by Gasteiger charge is -2.16. The molecular formula is C27H25N3O5S. The Hall–Kier alpha value is -4.11. The number of carbonyl (C=O) groups is 3. The van der Waals surface area contributed by atoms with Crippen molar-refractivity contribution >= 4 is 46.1 Å². The molecule has 184 valence electrons. The maximum Gasteiger partial charge on any atom is 0.337 e. The maximum atomic E-state index is 13.3. The second-order valence-corrected chi connectivity index (χ2v) is 9.10. The number of anilines is 1. The molecule has 0 radical (unpaired) electrons. The van der Waals surface area contributed by atoms with Crippen LogP contribution in [0.5, 0.6) is 5.75 Å². The van der Waals surface area contributed by atoms with Crippen LogP contribution in [0.4, 0.5) is 11.4 Å². The van der Waals surface area contributed by atoms with Crippen LogP contribution in [0.15, 0.2) is 83.9 Å². The van der Waals surface area contributed by atoms with Gasteiger partial charge >= 0.3 is 5.97 Å². The molecule has 0 unspecified atom stereocenters. The summed E-state index contributed by atoms with van der Waals surface area (Å²) in [6, 6.07) is 23.2. The summed E-state index contributed by atoms with van der Waals surface area (Å²) in [5, 5.41) is 2.71. The van der Waals surface area contributed by atoms with Gasteiger partial charge in [0.15, 0.2) is 5.17 Å². The Labute approximate surface area is 213 Å². The van der Waals surface area contributed by atoms with Gasteiger partial charge in [0.25, 0.3) is 0 Å². The topological polar surface area (TPSA) is 97.3 Å². The van der Waals surface area contributed by atoms with E-state index in [-0.39, 0.29) is 18.2 Å². The van der Waals surface area contributed by atoms with Gasteiger partial charge in [-0.05, 0) is 54.1 Å². The molecule has 9 heteroatoms. The highest BCUT2D eigenvalue weighted by Crippen LogP contribution is 2.33. The molecule has 0 bridgehead atoms. The molecule has 8 nitrogen and oxygen atoms in total. The minimum Gasteiger partial charge on any atom is -0.497 e. The van der Waals surface area contributed by atoms with Crippen LogP contribution in [-0.4, -0.2) is 47.3 Å². The number of esters is 1. The van der Waals surface area contributed by atoms with Gasteiger partial charge < -0.3 is 14.8 Å². The number of methoxy groups -OCH3 is 2. The number of ether oxygens (including phenoxy) is 2. The molecule has 3 aromatic rings. The van der Waals surface area contributed by atoms with Crippen molar-refractivity contribution < 1.29 is 23.9 Å². The summed E-state index contributed by atoms with van der Waals surface area (Å²) in [6.07, 6.45) is -0.0187. The lowest BCUT2D eigenvalue weighted by atomic mass is 10.2. The standard InChI is InChI=1S/C27H25N3O5S/c1-34-22-14-12-21(13-15-22)29-27-30(17-18-6-4-3-5-7-18)25(32)23(36-27)16-24(31)28-20-10-8-19(9-11-20)26(33)35-2/h3-15,23H,16-17H2,1-2H3,(H,28,31)/t23-/m0/s1. The van der Waals surface area contributed by atoms with Crippen molar-refractivity contribution in [2.45, 2.75) is 18.2 Å². The molecule has 1 atom stereocenters. The zero-order valence-electron chi connectivity index (χ0n) is 19.8. The number of hydrogen-bond acceptors (Lipinski definition) is 7. The Morgan fingerprint density at radius 3 is 2.31 bits per heavy atom. The van der Waals surface area contributed by atoms with Crippen LogP contribution in [0.25, 0.3) is 0 Å². The largest absolute Gasteiger partial charge is 0.497 e. The highest BCUT2D eigenvalue weighted by Gasteiger charge is 2.39. The first-order valence-corrected chi connectivity index (χ1v) is 12.1. The third-order valence-corrected chi connectivity index (χ3v) is 6.64. The number of aliphatic imine (C=N–C) groups is 1. The molecular weight excluding hydrogens is 478 g/mol. The summed E-state index contributed by atoms with van der Waals surface area (Å²) in [7, 11) is 2.90. The van der Waals surface area contributed by atoms with E-state index in [4.69, 9.17) is 9.73 Å². The van der Waals surface area contributed by atoms with Gasteiger partial charge in [-0.1, -0.05) is 42.1 Å². The fraction of sp³-hybridized carbons (Fsp3) is 0.185. The normalized spacial score (nSPS) is 16.2. The summed E-state index contributed by atoms with van der Waals surface area (Å²) in [5.74, 6) is -0.225. The zero-order valence-corrected chi connectivity index (χ0v) is 20.7. The first-order chi connectivity index (χ1) is 17.5. The third kappa shape index (κ3) is 6.11. The molecule has 1 heterocycles. The SMILES string of the molecule is COC(=O)c1ccc(NC(=O)C[C@@H]2SC(=Nc3ccc(OC)cc3)N(Cc3ccccc3)C2=O)cc1. The summed E-state index contributed by atoms with van der Waals surface area (Å²) in [5.41, 5.74) is 2.55. The van der Waals surface area contributed by atoms with Crippen LogP contribution in [0.2, 0.25) is 0 Å². The molecule has 0 spiro atoms. The Morgan fingerprint density at radius 1 is 0.972 bits per heavy atom. The predicted molar refractivity (Wildman–Crippen MR) is 139 cm³/mol. The van der Waals surface area contributed by atoms with Crippen molar-refractivity contribution in [2.75, 3.05) is 19.5 Å². The number of amides is 2. The van der Waals surface area contributed by atoms with Crippen molar-refractivity contribution in [2.24, 2.45) is 4.99 Å². The van der Waals surface area contributed by atoms with Crippen LogP contribution >= 0.6 is 11.8 Å². The maximum absolute atomic E-state index is 13.3. The van der Waals surface area contributed by atoms with Gasteiger partial charge in [-0.2, -0.15) is 0 Å². The van der Waals surface area contributed by atoms with Crippen molar-refractivity contribution in [1.29, 1.82) is 0 Å². The van der Waals surface area contributed by atoms with E-state index in [0.29, 0.717) is 34.4 Å². The second kappa shape index (κ2) is 11.5. The molecule has 1 saturated heterocycles. The highest BCUT2D eigenvalue weighted by atomic mass is 32.2. The van der Waals surface area contributed by atoms with E-state index in [1.807, 2.05) is 42.5 Å². The quantitative estimate of drug-likeness (QED) is 0.450. The average Bonchev–Trinajstić information content (AvgIpc) is 3.18. The van der Waals surface area contributed by atoms with Gasteiger partial charge in [-0.25, -0.2) is 9.79 Å². The summed E-state index contributed by atoms with van der Waals surface area (Å²) in [4.78, 5) is 44.0. The van der Waals surface area contributed by atoms with Crippen molar-refractivity contribution in [3.8, 4) is 5.75 Å². The average molecular weight is 504 g/mol. The molecule has 1 fully saturated rings. The van der Waals surface area contributed by atoms with Gasteiger partial charge in [-0.3, -0.25) is 14.5 Å². The second-order valence-electron chi connectivity index (χ2n) is 7.93. The lowest BCUT2D eigenvalue weighted by molar-refractivity contribution is -0.128. The molecule has 1 aliphatic heterocycles. The van der Waals surface area contributed by atoms with E-state index in [1.54, 1.807) is 48.4 Å². The van der Waals surface area contributed by atoms with E-state index >= 15 is 0 Å². The van der Waals surface area contributed by atoms with Crippen LogP contribution in [0, 0.1) is 0 Å². The monoisotopic (exact) mass is 503 g/mol. The number of benzene rings is 3. The van der Waals surface area contributed by atoms with Gasteiger partial charge in [-0.15, -0.1) is 0 Å². The van der Waals surface area contributed by atoms with Crippen LogP contribution in [0.3, 0.4) is 0 Å². The Bertz CT molecular complexity index is 1260. The number of carbonyl (C=O) groups excluding carboxylic acids is 3.